The van der Waals surface area contributed by atoms with Crippen molar-refractivity contribution in [2.75, 3.05) is 5.32 Å². The predicted molar refractivity (Wildman–Crippen MR) is 134 cm³/mol. The molecule has 1 aliphatic carbocycles. The van der Waals surface area contributed by atoms with Crippen molar-refractivity contribution in [3.8, 4) is 5.75 Å². The molecule has 0 bridgehead atoms. The van der Waals surface area contributed by atoms with Crippen LogP contribution in [0.2, 0.25) is 0 Å². The Labute approximate surface area is 202 Å². The molecule has 0 aliphatic heterocycles. The fourth-order valence-electron chi connectivity index (χ4n) is 3.62. The summed E-state index contributed by atoms with van der Waals surface area (Å²) in [5.74, 6) is -0.00403. The molecule has 0 saturated heterocycles. The predicted octanol–water partition coefficient (Wildman–Crippen LogP) is 5.43. The Balaban J connectivity index is 1.63. The van der Waals surface area contributed by atoms with Gasteiger partial charge in [-0.2, -0.15) is 0 Å². The minimum absolute atomic E-state index is 0.0738. The van der Waals surface area contributed by atoms with Crippen molar-refractivity contribution in [1.29, 1.82) is 0 Å². The second-order valence-electron chi connectivity index (χ2n) is 8.10. The first-order valence-corrected chi connectivity index (χ1v) is 12.0. The summed E-state index contributed by atoms with van der Waals surface area (Å²) < 4.78 is 6.49. The molecule has 0 aromatic heterocycles. The van der Waals surface area contributed by atoms with E-state index in [1.54, 1.807) is 36.4 Å². The number of ether oxygens (including phenoxy) is 1. The number of hydrogen-bond donors (Lipinski definition) is 3. The van der Waals surface area contributed by atoms with Crippen molar-refractivity contribution in [2.24, 2.45) is 0 Å². The van der Waals surface area contributed by atoms with Crippen LogP contribution < -0.4 is 20.7 Å². The lowest BCUT2D eigenvalue weighted by Crippen LogP contribution is -2.36. The van der Waals surface area contributed by atoms with Crippen LogP contribution in [0, 0.1) is 0 Å². The number of carbonyl (C=O) groups excluding carboxylic acids is 2. The molecule has 6 nitrogen and oxygen atoms in total. The van der Waals surface area contributed by atoms with Gasteiger partial charge in [0.15, 0.2) is 5.11 Å². The van der Waals surface area contributed by atoms with Crippen LogP contribution in [-0.2, 0) is 0 Å². The van der Waals surface area contributed by atoms with Crippen molar-refractivity contribution in [1.82, 2.24) is 10.6 Å². The number of rotatable bonds is 6. The molecule has 2 amide bonds. The van der Waals surface area contributed by atoms with Crippen LogP contribution in [0.5, 0.6) is 5.75 Å². The first kappa shape index (κ1) is 24.2. The molecule has 0 spiro atoms. The largest absolute Gasteiger partial charge is 0.490 e. The van der Waals surface area contributed by atoms with Gasteiger partial charge in [0.25, 0.3) is 11.8 Å². The molecule has 32 heavy (non-hydrogen) atoms. The minimum atomic E-state index is -0.384. The molecule has 1 fully saturated rings. The Hall–Kier alpha value is -2.45. The summed E-state index contributed by atoms with van der Waals surface area (Å²) >= 11 is 8.71. The SMILES string of the molecule is CC(C)Oc1ccc(Br)cc1C(=O)NC(=S)Nc1cccc(C(=O)NC2CCCCC2)c1. The molecule has 8 heteroatoms. The second kappa shape index (κ2) is 11.4. The smallest absolute Gasteiger partial charge is 0.261 e. The number of hydrogen-bond acceptors (Lipinski definition) is 4. The number of anilines is 1. The third kappa shape index (κ3) is 7.03. The quantitative estimate of drug-likeness (QED) is 0.445. The van der Waals surface area contributed by atoms with Gasteiger partial charge in [-0.15, -0.1) is 0 Å². The Morgan fingerprint density at radius 2 is 1.81 bits per heavy atom. The molecule has 0 radical (unpaired) electrons. The Morgan fingerprint density at radius 1 is 1.06 bits per heavy atom. The summed E-state index contributed by atoms with van der Waals surface area (Å²) in [5.41, 5.74) is 1.55. The first-order valence-electron chi connectivity index (χ1n) is 10.8. The van der Waals surface area contributed by atoms with Gasteiger partial charge in [-0.1, -0.05) is 41.3 Å². The molecule has 2 aromatic rings. The minimum Gasteiger partial charge on any atom is -0.490 e. The number of benzene rings is 2. The van der Waals surface area contributed by atoms with Gasteiger partial charge in [0.05, 0.1) is 11.7 Å². The maximum atomic E-state index is 12.8. The van der Waals surface area contributed by atoms with Gasteiger partial charge in [0, 0.05) is 21.8 Å². The molecular formula is C24H28BrN3O3S. The van der Waals surface area contributed by atoms with E-state index in [4.69, 9.17) is 17.0 Å². The molecule has 0 unspecified atom stereocenters. The lowest BCUT2D eigenvalue weighted by atomic mass is 9.95. The van der Waals surface area contributed by atoms with Crippen LogP contribution in [0.4, 0.5) is 5.69 Å². The molecule has 1 saturated carbocycles. The van der Waals surface area contributed by atoms with Crippen molar-refractivity contribution < 1.29 is 14.3 Å². The second-order valence-corrected chi connectivity index (χ2v) is 9.43. The summed E-state index contributed by atoms with van der Waals surface area (Å²) in [6.07, 6.45) is 5.52. The third-order valence-corrected chi connectivity index (χ3v) is 5.80. The Morgan fingerprint density at radius 3 is 2.53 bits per heavy atom. The topological polar surface area (TPSA) is 79.5 Å². The average Bonchev–Trinajstić information content (AvgIpc) is 2.75. The van der Waals surface area contributed by atoms with Gasteiger partial charge in [0.2, 0.25) is 0 Å². The van der Waals surface area contributed by atoms with Gasteiger partial charge in [0.1, 0.15) is 5.75 Å². The molecule has 1 aliphatic rings. The maximum Gasteiger partial charge on any atom is 0.261 e. The van der Waals surface area contributed by atoms with Crippen LogP contribution in [-0.4, -0.2) is 29.1 Å². The van der Waals surface area contributed by atoms with Gasteiger partial charge in [-0.25, -0.2) is 0 Å². The summed E-state index contributed by atoms with van der Waals surface area (Å²) in [7, 11) is 0. The van der Waals surface area contributed by atoms with Crippen molar-refractivity contribution >= 4 is 50.8 Å². The standard InChI is InChI=1S/C24H28BrN3O3S/c1-15(2)31-21-12-11-17(25)14-20(21)23(30)28-24(32)27-19-10-6-7-16(13-19)22(29)26-18-8-4-3-5-9-18/h6-7,10-15,18H,3-5,8-9H2,1-2H3,(H,26,29)(H2,27,28,30,32). The van der Waals surface area contributed by atoms with Crippen LogP contribution >= 0.6 is 28.1 Å². The van der Waals surface area contributed by atoms with Crippen molar-refractivity contribution in [3.63, 3.8) is 0 Å². The highest BCUT2D eigenvalue weighted by molar-refractivity contribution is 9.10. The van der Waals surface area contributed by atoms with E-state index in [2.05, 4.69) is 31.9 Å². The van der Waals surface area contributed by atoms with E-state index in [0.29, 0.717) is 22.6 Å². The fraction of sp³-hybridized carbons (Fsp3) is 0.375. The van der Waals surface area contributed by atoms with E-state index in [1.165, 1.54) is 6.42 Å². The molecule has 3 N–H and O–H groups in total. The zero-order valence-electron chi connectivity index (χ0n) is 18.2. The van der Waals surface area contributed by atoms with E-state index in [9.17, 15) is 9.59 Å². The summed E-state index contributed by atoms with van der Waals surface area (Å²) in [6.45, 7) is 3.79. The van der Waals surface area contributed by atoms with E-state index in [0.717, 1.165) is 30.2 Å². The van der Waals surface area contributed by atoms with Gasteiger partial charge < -0.3 is 15.4 Å². The molecule has 170 valence electrons. The maximum absolute atomic E-state index is 12.8. The normalized spacial score (nSPS) is 14.0. The van der Waals surface area contributed by atoms with E-state index >= 15 is 0 Å². The van der Waals surface area contributed by atoms with E-state index in [1.807, 2.05) is 19.9 Å². The molecule has 0 atom stereocenters. The first-order chi connectivity index (χ1) is 15.3. The lowest BCUT2D eigenvalue weighted by molar-refractivity contribution is 0.0926. The molecule has 0 heterocycles. The number of halogens is 1. The van der Waals surface area contributed by atoms with Crippen LogP contribution in [0.15, 0.2) is 46.9 Å². The Bertz CT molecular complexity index is 990. The summed E-state index contributed by atoms with van der Waals surface area (Å²) in [6, 6.07) is 12.5. The molecule has 3 rings (SSSR count). The van der Waals surface area contributed by atoms with Gasteiger partial charge >= 0.3 is 0 Å². The van der Waals surface area contributed by atoms with Gasteiger partial charge in [-0.3, -0.25) is 14.9 Å². The highest BCUT2D eigenvalue weighted by Crippen LogP contribution is 2.24. The van der Waals surface area contributed by atoms with Crippen LogP contribution in [0.1, 0.15) is 66.7 Å². The Kier molecular flexibility index (Phi) is 8.64. The highest BCUT2D eigenvalue weighted by atomic mass is 79.9. The van der Waals surface area contributed by atoms with Crippen LogP contribution in [0.3, 0.4) is 0 Å². The third-order valence-electron chi connectivity index (χ3n) is 5.10. The summed E-state index contributed by atoms with van der Waals surface area (Å²) in [4.78, 5) is 25.4. The zero-order valence-corrected chi connectivity index (χ0v) is 20.6. The average molecular weight is 518 g/mol. The zero-order chi connectivity index (χ0) is 23.1. The number of nitrogens with one attached hydrogen (secondary N) is 3. The number of amides is 2. The number of carbonyl (C=O) groups is 2. The number of thiocarbonyl (C=S) groups is 1. The van der Waals surface area contributed by atoms with Crippen LogP contribution in [0.25, 0.3) is 0 Å². The van der Waals surface area contributed by atoms with Crippen molar-refractivity contribution in [3.05, 3.63) is 58.1 Å². The highest BCUT2D eigenvalue weighted by Gasteiger charge is 2.18. The molecule has 2 aromatic carbocycles. The lowest BCUT2D eigenvalue weighted by Gasteiger charge is -2.22. The monoisotopic (exact) mass is 517 g/mol. The fourth-order valence-corrected chi connectivity index (χ4v) is 4.19. The molecular weight excluding hydrogens is 490 g/mol. The van der Waals surface area contributed by atoms with E-state index in [-0.39, 0.29) is 29.1 Å². The van der Waals surface area contributed by atoms with Crippen molar-refractivity contribution in [2.45, 2.75) is 58.1 Å². The summed E-state index contributed by atoms with van der Waals surface area (Å²) in [5, 5.41) is 8.91. The van der Waals surface area contributed by atoms with Gasteiger partial charge in [-0.05, 0) is 75.3 Å². The van der Waals surface area contributed by atoms with E-state index < -0.39 is 0 Å².